The molecule has 31 heavy (non-hydrogen) atoms. The number of guanidine groups is 1. The molecule has 0 amide bonds. The van der Waals surface area contributed by atoms with Gasteiger partial charge in [-0.2, -0.15) is 0 Å². The van der Waals surface area contributed by atoms with Crippen LogP contribution >= 0.6 is 0 Å². The van der Waals surface area contributed by atoms with Crippen LogP contribution < -0.4 is 26.8 Å². The van der Waals surface area contributed by atoms with Gasteiger partial charge in [0.2, 0.25) is 0 Å². The van der Waals surface area contributed by atoms with Crippen LogP contribution in [0.25, 0.3) is 11.0 Å². The summed E-state index contributed by atoms with van der Waals surface area (Å²) in [6.45, 7) is 1.84. The second-order valence-corrected chi connectivity index (χ2v) is 7.89. The molecule has 0 bridgehead atoms. The number of nitrogens with one attached hydrogen (secondary N) is 3. The molecular formula is C22H24FN7O. The van der Waals surface area contributed by atoms with Crippen LogP contribution in [0.3, 0.4) is 0 Å². The smallest absolute Gasteiger partial charge is 0.195 e. The van der Waals surface area contributed by atoms with Crippen LogP contribution in [-0.4, -0.2) is 29.0 Å². The topological polar surface area (TPSA) is 126 Å². The molecule has 2 atom stereocenters. The van der Waals surface area contributed by atoms with Gasteiger partial charge in [-0.15, -0.1) is 0 Å². The molecule has 2 unspecified atom stereocenters. The van der Waals surface area contributed by atoms with Crippen LogP contribution in [0, 0.1) is 11.7 Å². The average Bonchev–Trinajstić information content (AvgIpc) is 3.25. The van der Waals surface area contributed by atoms with Gasteiger partial charge in [0.05, 0.1) is 5.39 Å². The Kier molecular flexibility index (Phi) is 4.84. The van der Waals surface area contributed by atoms with E-state index in [9.17, 15) is 0 Å². The number of pyridine rings is 1. The molecule has 2 aliphatic heterocycles. The SMILES string of the molecule is NC1=NC(N)(c2ccc(Oc3ccnc4[nH]ccc34)c(F)c2)C=C(C2CCCNC2)N1. The third-order valence-electron chi connectivity index (χ3n) is 5.72. The lowest BCUT2D eigenvalue weighted by Gasteiger charge is -2.33. The fourth-order valence-electron chi connectivity index (χ4n) is 4.14. The molecule has 0 spiro atoms. The minimum absolute atomic E-state index is 0.0904. The van der Waals surface area contributed by atoms with E-state index < -0.39 is 11.5 Å². The van der Waals surface area contributed by atoms with Gasteiger partial charge in [0, 0.05) is 36.1 Å². The van der Waals surface area contributed by atoms with Crippen molar-refractivity contribution in [1.29, 1.82) is 0 Å². The molecule has 0 radical (unpaired) electrons. The van der Waals surface area contributed by atoms with E-state index in [4.69, 9.17) is 16.2 Å². The second kappa shape index (κ2) is 7.68. The summed E-state index contributed by atoms with van der Waals surface area (Å²) in [6.07, 6.45) is 7.29. The fourth-order valence-corrected chi connectivity index (χ4v) is 4.14. The number of aromatic amines is 1. The van der Waals surface area contributed by atoms with Gasteiger partial charge in [0.25, 0.3) is 0 Å². The Morgan fingerprint density at radius 2 is 2.10 bits per heavy atom. The zero-order valence-electron chi connectivity index (χ0n) is 16.9. The van der Waals surface area contributed by atoms with Crippen molar-refractivity contribution in [2.75, 3.05) is 13.1 Å². The first-order valence-corrected chi connectivity index (χ1v) is 10.3. The number of piperidine rings is 1. The molecule has 5 rings (SSSR count). The first kappa shape index (κ1) is 19.5. The van der Waals surface area contributed by atoms with Crippen molar-refractivity contribution in [2.24, 2.45) is 22.4 Å². The maximum absolute atomic E-state index is 15.0. The van der Waals surface area contributed by atoms with Gasteiger partial charge >= 0.3 is 0 Å². The first-order valence-electron chi connectivity index (χ1n) is 10.3. The van der Waals surface area contributed by atoms with E-state index in [2.05, 4.69) is 25.6 Å². The zero-order valence-corrected chi connectivity index (χ0v) is 16.9. The molecule has 7 N–H and O–H groups in total. The fraction of sp³-hybridized carbons (Fsp3) is 0.273. The van der Waals surface area contributed by atoms with E-state index in [1.807, 2.05) is 12.1 Å². The number of hydrogen-bond acceptors (Lipinski definition) is 7. The van der Waals surface area contributed by atoms with Gasteiger partial charge in [-0.3, -0.25) is 5.73 Å². The molecule has 3 aromatic rings. The highest BCUT2D eigenvalue weighted by atomic mass is 19.1. The predicted molar refractivity (Wildman–Crippen MR) is 117 cm³/mol. The van der Waals surface area contributed by atoms with E-state index in [-0.39, 0.29) is 17.6 Å². The summed E-state index contributed by atoms with van der Waals surface area (Å²) in [7, 11) is 0. The Bertz CT molecular complexity index is 1180. The monoisotopic (exact) mass is 421 g/mol. The third kappa shape index (κ3) is 3.73. The minimum atomic E-state index is -1.26. The normalized spacial score (nSPS) is 23.7. The van der Waals surface area contributed by atoms with Gasteiger partial charge in [0.1, 0.15) is 11.4 Å². The molecule has 2 aromatic heterocycles. The number of aliphatic imine (C=N–C) groups is 1. The number of H-pyrrole nitrogens is 1. The molecule has 4 heterocycles. The van der Waals surface area contributed by atoms with Crippen LogP contribution in [0.5, 0.6) is 11.5 Å². The molecule has 1 aromatic carbocycles. The molecule has 8 nitrogen and oxygen atoms in total. The molecule has 2 aliphatic rings. The Morgan fingerprint density at radius 1 is 1.19 bits per heavy atom. The van der Waals surface area contributed by atoms with E-state index >= 15 is 4.39 Å². The highest BCUT2D eigenvalue weighted by Gasteiger charge is 2.32. The number of nitrogens with zero attached hydrogens (tertiary/aromatic N) is 2. The van der Waals surface area contributed by atoms with Crippen molar-refractivity contribution < 1.29 is 9.13 Å². The summed E-state index contributed by atoms with van der Waals surface area (Å²) in [5.41, 5.74) is 13.4. The van der Waals surface area contributed by atoms with Gasteiger partial charge in [0.15, 0.2) is 23.2 Å². The van der Waals surface area contributed by atoms with Crippen molar-refractivity contribution in [1.82, 2.24) is 20.6 Å². The number of ether oxygens (including phenoxy) is 1. The highest BCUT2D eigenvalue weighted by molar-refractivity contribution is 5.83. The minimum Gasteiger partial charge on any atom is -0.453 e. The standard InChI is InChI=1S/C22H24FN7O/c23-16-10-14(3-4-19(16)31-18-6-9-28-20-15(18)5-8-27-20)22(25)11-17(29-21(24)30-22)13-2-1-7-26-12-13/h3-6,8-11,13,26H,1-2,7,12,25H2,(H,27,28)(H3,24,29,30). The summed E-state index contributed by atoms with van der Waals surface area (Å²) in [5.74, 6) is 0.542. The van der Waals surface area contributed by atoms with Crippen LogP contribution in [0.4, 0.5) is 4.39 Å². The van der Waals surface area contributed by atoms with E-state index in [0.717, 1.165) is 37.0 Å². The number of fused-ring (bicyclic) bond motifs is 1. The lowest BCUT2D eigenvalue weighted by Crippen LogP contribution is -2.47. The zero-order chi connectivity index (χ0) is 21.4. The second-order valence-electron chi connectivity index (χ2n) is 7.89. The quantitative estimate of drug-likeness (QED) is 0.440. The maximum Gasteiger partial charge on any atom is 0.195 e. The van der Waals surface area contributed by atoms with Gasteiger partial charge in [-0.05, 0) is 49.7 Å². The molecule has 1 saturated heterocycles. The third-order valence-corrected chi connectivity index (χ3v) is 5.72. The van der Waals surface area contributed by atoms with Gasteiger partial charge in [-0.1, -0.05) is 6.07 Å². The lowest BCUT2D eigenvalue weighted by atomic mass is 9.90. The highest BCUT2D eigenvalue weighted by Crippen LogP contribution is 2.34. The Hall–Kier alpha value is -3.43. The van der Waals surface area contributed by atoms with Crippen LogP contribution in [-0.2, 0) is 5.66 Å². The van der Waals surface area contributed by atoms with E-state index in [1.165, 1.54) is 6.07 Å². The molecule has 1 fully saturated rings. The summed E-state index contributed by atoms with van der Waals surface area (Å²) < 4.78 is 20.8. The Labute approximate surface area is 178 Å². The summed E-state index contributed by atoms with van der Waals surface area (Å²) in [5, 5.41) is 7.27. The van der Waals surface area contributed by atoms with Gasteiger partial charge < -0.3 is 26.1 Å². The van der Waals surface area contributed by atoms with Crippen molar-refractivity contribution >= 4 is 17.0 Å². The summed E-state index contributed by atoms with van der Waals surface area (Å²) in [4.78, 5) is 11.6. The van der Waals surface area contributed by atoms with Crippen molar-refractivity contribution in [2.45, 2.75) is 18.5 Å². The van der Waals surface area contributed by atoms with Gasteiger partial charge in [-0.25, -0.2) is 14.4 Å². The number of nitrogens with two attached hydrogens (primary N) is 2. The molecule has 160 valence electrons. The molecule has 0 saturated carbocycles. The maximum atomic E-state index is 15.0. The van der Waals surface area contributed by atoms with E-state index in [1.54, 1.807) is 30.6 Å². The van der Waals surface area contributed by atoms with Crippen molar-refractivity contribution in [3.05, 3.63) is 65.9 Å². The largest absolute Gasteiger partial charge is 0.453 e. The number of rotatable bonds is 4. The molecule has 0 aliphatic carbocycles. The first-order chi connectivity index (χ1) is 15.0. The number of hydrogen-bond donors (Lipinski definition) is 5. The molecule has 9 heteroatoms. The predicted octanol–water partition coefficient (Wildman–Crippen LogP) is 2.41. The number of halogens is 1. The lowest BCUT2D eigenvalue weighted by molar-refractivity contribution is 0.403. The van der Waals surface area contributed by atoms with Crippen LogP contribution in [0.15, 0.2) is 59.5 Å². The van der Waals surface area contributed by atoms with E-state index in [0.29, 0.717) is 17.0 Å². The number of benzene rings is 1. The van der Waals surface area contributed by atoms with Crippen LogP contribution in [0.1, 0.15) is 18.4 Å². The average molecular weight is 421 g/mol. The van der Waals surface area contributed by atoms with Crippen molar-refractivity contribution in [3.8, 4) is 11.5 Å². The Balaban J connectivity index is 1.45. The summed E-state index contributed by atoms with van der Waals surface area (Å²) in [6, 6.07) is 8.14. The Morgan fingerprint density at radius 3 is 2.90 bits per heavy atom. The summed E-state index contributed by atoms with van der Waals surface area (Å²) >= 11 is 0. The number of aromatic nitrogens is 2. The van der Waals surface area contributed by atoms with Crippen LogP contribution in [0.2, 0.25) is 0 Å². The molecular weight excluding hydrogens is 397 g/mol. The van der Waals surface area contributed by atoms with Crippen molar-refractivity contribution in [3.63, 3.8) is 0 Å².